The third-order valence-electron chi connectivity index (χ3n) is 4.59. The zero-order valence-corrected chi connectivity index (χ0v) is 16.7. The van der Waals surface area contributed by atoms with Crippen LogP contribution >= 0.6 is 0 Å². The zero-order valence-electron chi connectivity index (χ0n) is 16.7. The first-order chi connectivity index (χ1) is 14.0. The zero-order chi connectivity index (χ0) is 20.8. The normalized spacial score (nSPS) is 10.3. The van der Waals surface area contributed by atoms with E-state index in [1.54, 1.807) is 49.4 Å². The van der Waals surface area contributed by atoms with Crippen molar-refractivity contribution in [2.24, 2.45) is 0 Å². The largest absolute Gasteiger partial charge is 0.496 e. The number of hydrogen-bond donors (Lipinski definition) is 0. The van der Waals surface area contributed by atoms with E-state index in [4.69, 9.17) is 9.47 Å². The van der Waals surface area contributed by atoms with Crippen molar-refractivity contribution < 1.29 is 19.1 Å². The lowest BCUT2D eigenvalue weighted by Crippen LogP contribution is -2.26. The first-order valence-corrected chi connectivity index (χ1v) is 9.25. The second-order valence-electron chi connectivity index (χ2n) is 6.69. The molecule has 3 aromatic carbocycles. The molecule has 148 valence electrons. The number of hydrogen-bond acceptors (Lipinski definition) is 4. The number of ether oxygens (including phenoxy) is 2. The molecule has 5 nitrogen and oxygen atoms in total. The molecule has 0 fully saturated rings. The summed E-state index contributed by atoms with van der Waals surface area (Å²) in [5.41, 5.74) is 3.19. The Morgan fingerprint density at radius 3 is 2.21 bits per heavy atom. The third-order valence-corrected chi connectivity index (χ3v) is 4.59. The fourth-order valence-corrected chi connectivity index (χ4v) is 2.92. The van der Waals surface area contributed by atoms with Crippen molar-refractivity contribution in [1.82, 2.24) is 0 Å². The Balaban J connectivity index is 1.64. The Bertz CT molecular complexity index is 994. The van der Waals surface area contributed by atoms with Crippen molar-refractivity contribution in [3.05, 3.63) is 89.5 Å². The number of para-hydroxylation sites is 1. The van der Waals surface area contributed by atoms with Crippen molar-refractivity contribution >= 4 is 17.6 Å². The van der Waals surface area contributed by atoms with Gasteiger partial charge in [0.2, 0.25) is 0 Å². The van der Waals surface area contributed by atoms with Crippen LogP contribution in [0.3, 0.4) is 0 Å². The second kappa shape index (κ2) is 9.06. The predicted octanol–water partition coefficient (Wildman–Crippen LogP) is 4.43. The molecule has 0 aromatic heterocycles. The number of aryl methyl sites for hydroxylation is 1. The molecule has 0 spiro atoms. The molecule has 0 aliphatic heterocycles. The fraction of sp³-hybridized carbons (Fsp3) is 0.167. The average Bonchev–Trinajstić information content (AvgIpc) is 2.74. The summed E-state index contributed by atoms with van der Waals surface area (Å²) in [6.45, 7) is 1.98. The Hall–Kier alpha value is -3.60. The number of anilines is 1. The summed E-state index contributed by atoms with van der Waals surface area (Å²) in [5, 5.41) is 0. The molecule has 0 bridgehead atoms. The van der Waals surface area contributed by atoms with Crippen molar-refractivity contribution in [2.45, 2.75) is 13.3 Å². The summed E-state index contributed by atoms with van der Waals surface area (Å²) in [6.07, 6.45) is 0.109. The molecule has 1 amide bonds. The minimum Gasteiger partial charge on any atom is -0.496 e. The Labute approximate surface area is 170 Å². The van der Waals surface area contributed by atoms with Gasteiger partial charge in [0, 0.05) is 23.9 Å². The van der Waals surface area contributed by atoms with Crippen LogP contribution in [0.25, 0.3) is 0 Å². The molecule has 0 N–H and O–H groups in total. The molecule has 5 heteroatoms. The van der Waals surface area contributed by atoms with E-state index >= 15 is 0 Å². The van der Waals surface area contributed by atoms with Crippen molar-refractivity contribution in [2.75, 3.05) is 19.1 Å². The summed E-state index contributed by atoms with van der Waals surface area (Å²) in [7, 11) is 3.28. The maximum Gasteiger partial charge on any atom is 0.315 e. The number of carbonyl (C=O) groups excluding carboxylic acids is 2. The molecule has 0 radical (unpaired) electrons. The summed E-state index contributed by atoms with van der Waals surface area (Å²) in [6, 6.07) is 21.6. The monoisotopic (exact) mass is 389 g/mol. The lowest BCUT2D eigenvalue weighted by atomic mass is 10.1. The van der Waals surface area contributed by atoms with Crippen molar-refractivity contribution in [3.63, 3.8) is 0 Å². The number of nitrogens with zero attached hydrogens (tertiary/aromatic N) is 1. The summed E-state index contributed by atoms with van der Waals surface area (Å²) in [5.74, 6) is 0.582. The standard InChI is InChI=1S/C24H23NO4/c1-17-8-10-18(11-9-17)24(27)25(2)20-12-14-21(15-13-20)29-23(26)16-19-6-4-5-7-22(19)28-3/h4-15H,16H2,1-3H3. The Morgan fingerprint density at radius 2 is 1.55 bits per heavy atom. The van der Waals surface area contributed by atoms with Gasteiger partial charge in [0.1, 0.15) is 11.5 Å². The topological polar surface area (TPSA) is 55.8 Å². The highest BCUT2D eigenvalue weighted by atomic mass is 16.5. The van der Waals surface area contributed by atoms with Gasteiger partial charge in [0.25, 0.3) is 5.91 Å². The van der Waals surface area contributed by atoms with Gasteiger partial charge in [-0.1, -0.05) is 35.9 Å². The SMILES string of the molecule is COc1ccccc1CC(=O)Oc1ccc(N(C)C(=O)c2ccc(C)cc2)cc1. The van der Waals surface area contributed by atoms with E-state index in [1.807, 2.05) is 49.4 Å². The summed E-state index contributed by atoms with van der Waals surface area (Å²) < 4.78 is 10.7. The minimum atomic E-state index is -0.383. The van der Waals surface area contributed by atoms with Crippen LogP contribution in [0.5, 0.6) is 11.5 Å². The maximum atomic E-state index is 12.6. The van der Waals surface area contributed by atoms with Crippen LogP contribution in [0.15, 0.2) is 72.8 Å². The van der Waals surface area contributed by atoms with Crippen LogP contribution in [0.4, 0.5) is 5.69 Å². The number of esters is 1. The average molecular weight is 389 g/mol. The maximum absolute atomic E-state index is 12.6. The molecule has 3 rings (SSSR count). The number of benzene rings is 3. The molecular weight excluding hydrogens is 366 g/mol. The fourth-order valence-electron chi connectivity index (χ4n) is 2.92. The van der Waals surface area contributed by atoms with Gasteiger partial charge >= 0.3 is 5.97 Å². The Kier molecular flexibility index (Phi) is 6.29. The van der Waals surface area contributed by atoms with Gasteiger partial charge in [-0.05, 0) is 49.4 Å². The number of carbonyl (C=O) groups is 2. The minimum absolute atomic E-state index is 0.106. The van der Waals surface area contributed by atoms with E-state index < -0.39 is 0 Å². The van der Waals surface area contributed by atoms with Crippen LogP contribution in [0.1, 0.15) is 21.5 Å². The first-order valence-electron chi connectivity index (χ1n) is 9.25. The molecule has 0 unspecified atom stereocenters. The van der Waals surface area contributed by atoms with E-state index in [2.05, 4.69) is 0 Å². The highest BCUT2D eigenvalue weighted by molar-refractivity contribution is 6.05. The lowest BCUT2D eigenvalue weighted by molar-refractivity contribution is -0.133. The van der Waals surface area contributed by atoms with Crippen LogP contribution < -0.4 is 14.4 Å². The van der Waals surface area contributed by atoms with Gasteiger partial charge in [-0.3, -0.25) is 9.59 Å². The molecule has 3 aromatic rings. The van der Waals surface area contributed by atoms with Crippen LogP contribution in [-0.2, 0) is 11.2 Å². The Morgan fingerprint density at radius 1 is 0.897 bits per heavy atom. The van der Waals surface area contributed by atoms with Crippen LogP contribution in [0, 0.1) is 6.92 Å². The van der Waals surface area contributed by atoms with E-state index in [9.17, 15) is 9.59 Å². The number of amides is 1. The van der Waals surface area contributed by atoms with E-state index in [0.29, 0.717) is 22.7 Å². The smallest absolute Gasteiger partial charge is 0.315 e. The lowest BCUT2D eigenvalue weighted by Gasteiger charge is -2.18. The first kappa shape index (κ1) is 20.1. The van der Waals surface area contributed by atoms with Gasteiger partial charge in [-0.2, -0.15) is 0 Å². The second-order valence-corrected chi connectivity index (χ2v) is 6.69. The molecule has 0 saturated carbocycles. The van der Waals surface area contributed by atoms with Gasteiger partial charge in [-0.25, -0.2) is 0 Å². The van der Waals surface area contributed by atoms with Gasteiger partial charge < -0.3 is 14.4 Å². The highest BCUT2D eigenvalue weighted by Gasteiger charge is 2.14. The van der Waals surface area contributed by atoms with Crippen molar-refractivity contribution in [1.29, 1.82) is 0 Å². The summed E-state index contributed by atoms with van der Waals surface area (Å²) in [4.78, 5) is 26.4. The van der Waals surface area contributed by atoms with Gasteiger partial charge in [0.05, 0.1) is 13.5 Å². The number of rotatable bonds is 6. The van der Waals surface area contributed by atoms with Crippen LogP contribution in [-0.4, -0.2) is 26.0 Å². The van der Waals surface area contributed by atoms with Crippen LogP contribution in [0.2, 0.25) is 0 Å². The molecule has 0 atom stereocenters. The molecule has 0 aliphatic rings. The van der Waals surface area contributed by atoms with Gasteiger partial charge in [0.15, 0.2) is 0 Å². The molecular formula is C24H23NO4. The number of methoxy groups -OCH3 is 1. The molecule has 0 aliphatic carbocycles. The quantitative estimate of drug-likeness (QED) is 0.462. The third kappa shape index (κ3) is 5.02. The summed E-state index contributed by atoms with van der Waals surface area (Å²) >= 11 is 0. The van der Waals surface area contributed by atoms with E-state index in [1.165, 1.54) is 0 Å². The van der Waals surface area contributed by atoms with Crippen molar-refractivity contribution in [3.8, 4) is 11.5 Å². The molecule has 0 heterocycles. The van der Waals surface area contributed by atoms with Gasteiger partial charge in [-0.15, -0.1) is 0 Å². The highest BCUT2D eigenvalue weighted by Crippen LogP contribution is 2.22. The van der Waals surface area contributed by atoms with E-state index in [-0.39, 0.29) is 18.3 Å². The molecule has 29 heavy (non-hydrogen) atoms. The molecule has 0 saturated heterocycles. The predicted molar refractivity (Wildman–Crippen MR) is 113 cm³/mol. The van der Waals surface area contributed by atoms with E-state index in [0.717, 1.165) is 11.1 Å².